The highest BCUT2D eigenvalue weighted by Gasteiger charge is 2.10. The summed E-state index contributed by atoms with van der Waals surface area (Å²) in [5, 5.41) is 9.21. The van der Waals surface area contributed by atoms with Crippen molar-refractivity contribution in [3.8, 4) is 0 Å². The van der Waals surface area contributed by atoms with Gasteiger partial charge in [0.2, 0.25) is 0 Å². The molecule has 1 aromatic rings. The van der Waals surface area contributed by atoms with Gasteiger partial charge in [-0.2, -0.15) is 0 Å². The maximum atomic E-state index is 10.3. The molecule has 0 saturated carbocycles. The Balaban J connectivity index is 2.63. The van der Waals surface area contributed by atoms with Crippen molar-refractivity contribution in [3.63, 3.8) is 0 Å². The molecule has 0 bridgehead atoms. The molecule has 0 spiro atoms. The van der Waals surface area contributed by atoms with Crippen molar-refractivity contribution in [2.75, 3.05) is 13.6 Å². The number of likely N-dealkylation sites (N-methyl/N-ethyl adjacent to an activating group) is 1. The largest absolute Gasteiger partial charge is 0.478 e. The zero-order valence-electron chi connectivity index (χ0n) is 9.93. The predicted octanol–water partition coefficient (Wildman–Crippen LogP) is 2.97. The van der Waals surface area contributed by atoms with E-state index in [1.807, 2.05) is 36.2 Å². The maximum absolute atomic E-state index is 10.3. The van der Waals surface area contributed by atoms with E-state index in [9.17, 15) is 4.79 Å². The number of carboxylic acid groups (broad SMARTS) is 1. The summed E-state index contributed by atoms with van der Waals surface area (Å²) in [6.45, 7) is 2.64. The maximum Gasteiger partial charge on any atom is 0.328 e. The van der Waals surface area contributed by atoms with Crippen LogP contribution in [-0.4, -0.2) is 29.6 Å². The summed E-state index contributed by atoms with van der Waals surface area (Å²) in [5.41, 5.74) is 1.11. The van der Waals surface area contributed by atoms with Gasteiger partial charge in [0, 0.05) is 23.7 Å². The average Bonchev–Trinajstić information content (AvgIpc) is 2.27. The molecule has 0 heterocycles. The van der Waals surface area contributed by atoms with Crippen molar-refractivity contribution < 1.29 is 9.90 Å². The molecule has 0 radical (unpaired) electrons. The second-order valence-electron chi connectivity index (χ2n) is 3.91. The van der Waals surface area contributed by atoms with Crippen LogP contribution in [0, 0.1) is 0 Å². The summed E-state index contributed by atoms with van der Waals surface area (Å²) in [4.78, 5) is 12.4. The molecule has 17 heavy (non-hydrogen) atoms. The quantitative estimate of drug-likeness (QED) is 0.821. The molecular formula is C13H16ClNO2. The molecule has 0 aliphatic carbocycles. The normalized spacial score (nSPS) is 13.2. The van der Waals surface area contributed by atoms with E-state index in [1.165, 1.54) is 0 Å². The summed E-state index contributed by atoms with van der Waals surface area (Å²) in [6.07, 6.45) is 2.78. The van der Waals surface area contributed by atoms with Gasteiger partial charge < -0.3 is 5.11 Å². The van der Waals surface area contributed by atoms with Crippen LogP contribution < -0.4 is 0 Å². The Labute approximate surface area is 106 Å². The van der Waals surface area contributed by atoms with E-state index in [2.05, 4.69) is 6.92 Å². The van der Waals surface area contributed by atoms with Crippen LogP contribution in [0.3, 0.4) is 0 Å². The standard InChI is InChI=1S/C13H16ClNO2/c1-10(11-5-3-6-12(14)9-11)15(2)8-4-7-13(16)17/h3-7,9-10H,8H2,1-2H3,(H,16,17)/b7-4+. The van der Waals surface area contributed by atoms with Crippen molar-refractivity contribution in [3.05, 3.63) is 47.0 Å². The topological polar surface area (TPSA) is 40.5 Å². The molecular weight excluding hydrogens is 238 g/mol. The molecule has 3 nitrogen and oxygen atoms in total. The summed E-state index contributed by atoms with van der Waals surface area (Å²) >= 11 is 5.93. The SMILES string of the molecule is CC(c1cccc(Cl)c1)N(C)C/C=C/C(=O)O. The summed E-state index contributed by atoms with van der Waals surface area (Å²) < 4.78 is 0. The fraction of sp³-hybridized carbons (Fsp3) is 0.308. The van der Waals surface area contributed by atoms with Crippen molar-refractivity contribution >= 4 is 17.6 Å². The third-order valence-electron chi connectivity index (χ3n) is 2.65. The Morgan fingerprint density at radius 2 is 2.29 bits per heavy atom. The second kappa shape index (κ2) is 6.42. The van der Waals surface area contributed by atoms with Crippen LogP contribution in [0.25, 0.3) is 0 Å². The van der Waals surface area contributed by atoms with E-state index < -0.39 is 5.97 Å². The molecule has 1 rings (SSSR count). The van der Waals surface area contributed by atoms with Crippen molar-refractivity contribution in [2.24, 2.45) is 0 Å². The van der Waals surface area contributed by atoms with Crippen LogP contribution >= 0.6 is 11.6 Å². The number of hydrogen-bond donors (Lipinski definition) is 1. The first-order valence-electron chi connectivity index (χ1n) is 5.36. The number of benzene rings is 1. The number of halogens is 1. The first-order chi connectivity index (χ1) is 8.00. The van der Waals surface area contributed by atoms with E-state index in [4.69, 9.17) is 16.7 Å². The van der Waals surface area contributed by atoms with Gasteiger partial charge in [0.15, 0.2) is 0 Å². The van der Waals surface area contributed by atoms with Crippen LogP contribution in [0.4, 0.5) is 0 Å². The predicted molar refractivity (Wildman–Crippen MR) is 69.3 cm³/mol. The molecule has 0 amide bonds. The lowest BCUT2D eigenvalue weighted by Gasteiger charge is -2.23. The van der Waals surface area contributed by atoms with Gasteiger partial charge in [-0.05, 0) is 31.7 Å². The molecule has 0 aliphatic rings. The molecule has 1 atom stereocenters. The molecule has 0 aromatic heterocycles. The number of carbonyl (C=O) groups is 1. The van der Waals surface area contributed by atoms with E-state index in [1.54, 1.807) is 6.08 Å². The van der Waals surface area contributed by atoms with E-state index in [-0.39, 0.29) is 6.04 Å². The molecule has 1 unspecified atom stereocenters. The Bertz CT molecular complexity index is 418. The van der Waals surface area contributed by atoms with Gasteiger partial charge in [0.05, 0.1) is 0 Å². The molecule has 0 fully saturated rings. The lowest BCUT2D eigenvalue weighted by Crippen LogP contribution is -2.22. The highest BCUT2D eigenvalue weighted by Crippen LogP contribution is 2.21. The Hall–Kier alpha value is -1.32. The monoisotopic (exact) mass is 253 g/mol. The van der Waals surface area contributed by atoms with Gasteiger partial charge in [-0.25, -0.2) is 4.79 Å². The smallest absolute Gasteiger partial charge is 0.328 e. The van der Waals surface area contributed by atoms with Crippen LogP contribution in [0.15, 0.2) is 36.4 Å². The summed E-state index contributed by atoms with van der Waals surface area (Å²) in [5.74, 6) is -0.922. The molecule has 1 aromatic carbocycles. The van der Waals surface area contributed by atoms with Crippen molar-refractivity contribution in [1.82, 2.24) is 4.90 Å². The van der Waals surface area contributed by atoms with Crippen molar-refractivity contribution in [2.45, 2.75) is 13.0 Å². The molecule has 92 valence electrons. The van der Waals surface area contributed by atoms with E-state index in [0.29, 0.717) is 11.6 Å². The van der Waals surface area contributed by atoms with Gasteiger partial charge in [-0.15, -0.1) is 0 Å². The van der Waals surface area contributed by atoms with Crippen molar-refractivity contribution in [1.29, 1.82) is 0 Å². The third-order valence-corrected chi connectivity index (χ3v) is 2.88. The minimum Gasteiger partial charge on any atom is -0.478 e. The van der Waals surface area contributed by atoms with E-state index >= 15 is 0 Å². The molecule has 1 N–H and O–H groups in total. The lowest BCUT2D eigenvalue weighted by atomic mass is 10.1. The van der Waals surface area contributed by atoms with Crippen LogP contribution in [0.5, 0.6) is 0 Å². The van der Waals surface area contributed by atoms with E-state index in [0.717, 1.165) is 11.6 Å². The number of rotatable bonds is 5. The Morgan fingerprint density at radius 3 is 2.88 bits per heavy atom. The minimum absolute atomic E-state index is 0.187. The molecule has 4 heteroatoms. The molecule has 0 aliphatic heterocycles. The third kappa shape index (κ3) is 4.59. The zero-order chi connectivity index (χ0) is 12.8. The lowest BCUT2D eigenvalue weighted by molar-refractivity contribution is -0.131. The Morgan fingerprint density at radius 1 is 1.59 bits per heavy atom. The highest BCUT2D eigenvalue weighted by atomic mass is 35.5. The van der Waals surface area contributed by atoms with Gasteiger partial charge in [0.1, 0.15) is 0 Å². The number of nitrogens with zero attached hydrogens (tertiary/aromatic N) is 1. The van der Waals surface area contributed by atoms with Crippen LogP contribution in [0.2, 0.25) is 5.02 Å². The van der Waals surface area contributed by atoms with Crippen LogP contribution in [0.1, 0.15) is 18.5 Å². The first-order valence-corrected chi connectivity index (χ1v) is 5.73. The fourth-order valence-electron chi connectivity index (χ4n) is 1.50. The number of hydrogen-bond acceptors (Lipinski definition) is 2. The van der Waals surface area contributed by atoms with Gasteiger partial charge in [-0.1, -0.05) is 29.8 Å². The summed E-state index contributed by atoms with van der Waals surface area (Å²) in [7, 11) is 1.94. The number of aliphatic carboxylic acids is 1. The zero-order valence-corrected chi connectivity index (χ0v) is 10.7. The number of carboxylic acids is 1. The Kier molecular flexibility index (Phi) is 5.19. The van der Waals surface area contributed by atoms with Gasteiger partial charge >= 0.3 is 5.97 Å². The summed E-state index contributed by atoms with van der Waals surface area (Å²) in [6, 6.07) is 7.86. The second-order valence-corrected chi connectivity index (χ2v) is 4.35. The molecule has 0 saturated heterocycles. The average molecular weight is 254 g/mol. The minimum atomic E-state index is -0.922. The van der Waals surface area contributed by atoms with Gasteiger partial charge in [-0.3, -0.25) is 4.90 Å². The van der Waals surface area contributed by atoms with Gasteiger partial charge in [0.25, 0.3) is 0 Å². The first kappa shape index (κ1) is 13.7. The fourth-order valence-corrected chi connectivity index (χ4v) is 1.70. The highest BCUT2D eigenvalue weighted by molar-refractivity contribution is 6.30. The van der Waals surface area contributed by atoms with Crippen LogP contribution in [-0.2, 0) is 4.79 Å².